The van der Waals surface area contributed by atoms with E-state index in [0.717, 1.165) is 5.56 Å². The van der Waals surface area contributed by atoms with Gasteiger partial charge in [-0.15, -0.1) is 0 Å². The van der Waals surface area contributed by atoms with E-state index in [1.54, 1.807) is 25.1 Å². The second-order valence-corrected chi connectivity index (χ2v) is 2.98. The number of carbonyl (C=O) groups excluding carboxylic acids is 1. The van der Waals surface area contributed by atoms with Crippen molar-refractivity contribution in [3.05, 3.63) is 29.8 Å². The van der Waals surface area contributed by atoms with Crippen LogP contribution < -0.4 is 5.32 Å². The quantitative estimate of drug-likeness (QED) is 0.726. The van der Waals surface area contributed by atoms with Gasteiger partial charge < -0.3 is 10.4 Å². The van der Waals surface area contributed by atoms with Crippen molar-refractivity contribution >= 4 is 11.6 Å². The first kappa shape index (κ1) is 9.74. The maximum absolute atomic E-state index is 10.7. The Bertz CT molecular complexity index is 308. The summed E-state index contributed by atoms with van der Waals surface area (Å²) >= 11 is 0. The van der Waals surface area contributed by atoms with Gasteiger partial charge in [0.2, 0.25) is 5.91 Å². The van der Waals surface area contributed by atoms with Crippen LogP contribution in [0.3, 0.4) is 0 Å². The molecule has 0 saturated carbocycles. The maximum Gasteiger partial charge on any atom is 0.221 e. The van der Waals surface area contributed by atoms with Crippen LogP contribution in [0.1, 0.15) is 25.5 Å². The van der Waals surface area contributed by atoms with Crippen molar-refractivity contribution in [1.82, 2.24) is 0 Å². The molecule has 1 aromatic carbocycles. The summed E-state index contributed by atoms with van der Waals surface area (Å²) in [6.45, 7) is 3.14. The van der Waals surface area contributed by atoms with Crippen LogP contribution >= 0.6 is 0 Å². The van der Waals surface area contributed by atoms with Crippen LogP contribution in [-0.4, -0.2) is 11.0 Å². The van der Waals surface area contributed by atoms with E-state index >= 15 is 0 Å². The molecule has 3 nitrogen and oxygen atoms in total. The molecule has 0 spiro atoms. The first-order valence-corrected chi connectivity index (χ1v) is 4.15. The third-order valence-corrected chi connectivity index (χ3v) is 1.69. The zero-order valence-electron chi connectivity index (χ0n) is 7.74. The van der Waals surface area contributed by atoms with Gasteiger partial charge in [0.1, 0.15) is 0 Å². The largest absolute Gasteiger partial charge is 0.389 e. The SMILES string of the molecule is CC(=O)Nc1cccc([C@H](C)O)c1. The first-order chi connectivity index (χ1) is 6.09. The Morgan fingerprint density at radius 1 is 1.54 bits per heavy atom. The van der Waals surface area contributed by atoms with Crippen LogP contribution in [0.15, 0.2) is 24.3 Å². The van der Waals surface area contributed by atoms with Gasteiger partial charge in [-0.3, -0.25) is 4.79 Å². The minimum absolute atomic E-state index is 0.109. The van der Waals surface area contributed by atoms with E-state index in [1.165, 1.54) is 6.92 Å². The van der Waals surface area contributed by atoms with E-state index in [4.69, 9.17) is 0 Å². The minimum Gasteiger partial charge on any atom is -0.389 e. The van der Waals surface area contributed by atoms with E-state index in [1.807, 2.05) is 6.07 Å². The van der Waals surface area contributed by atoms with E-state index < -0.39 is 6.10 Å². The number of hydrogen-bond donors (Lipinski definition) is 2. The molecule has 0 saturated heterocycles. The van der Waals surface area contributed by atoms with Crippen molar-refractivity contribution in [2.75, 3.05) is 5.32 Å². The summed E-state index contributed by atoms with van der Waals surface area (Å²) in [7, 11) is 0. The summed E-state index contributed by atoms with van der Waals surface area (Å²) in [6.07, 6.45) is -0.506. The van der Waals surface area contributed by atoms with E-state index in [0.29, 0.717) is 5.69 Å². The standard InChI is InChI=1S/C10H13NO2/c1-7(12)9-4-3-5-10(6-9)11-8(2)13/h3-7,12H,1-2H3,(H,11,13)/t7-/m0/s1. The maximum atomic E-state index is 10.7. The monoisotopic (exact) mass is 179 g/mol. The fourth-order valence-corrected chi connectivity index (χ4v) is 1.08. The molecule has 0 aliphatic carbocycles. The van der Waals surface area contributed by atoms with Crippen LogP contribution in [-0.2, 0) is 4.79 Å². The number of aliphatic hydroxyl groups excluding tert-OH is 1. The third kappa shape index (κ3) is 2.87. The molecule has 13 heavy (non-hydrogen) atoms. The van der Waals surface area contributed by atoms with Crippen LogP contribution in [0, 0.1) is 0 Å². The fourth-order valence-electron chi connectivity index (χ4n) is 1.08. The zero-order chi connectivity index (χ0) is 9.84. The summed E-state index contributed by atoms with van der Waals surface area (Å²) in [6, 6.07) is 7.16. The van der Waals surface area contributed by atoms with E-state index in [9.17, 15) is 9.90 Å². The lowest BCUT2D eigenvalue weighted by Crippen LogP contribution is -2.06. The van der Waals surface area contributed by atoms with E-state index in [2.05, 4.69) is 5.32 Å². The fraction of sp³-hybridized carbons (Fsp3) is 0.300. The molecule has 0 heterocycles. The van der Waals surface area contributed by atoms with Crippen LogP contribution in [0.2, 0.25) is 0 Å². The Morgan fingerprint density at radius 3 is 2.77 bits per heavy atom. The smallest absolute Gasteiger partial charge is 0.221 e. The van der Waals surface area contributed by atoms with Crippen molar-refractivity contribution in [2.45, 2.75) is 20.0 Å². The summed E-state index contributed by atoms with van der Waals surface area (Å²) in [5, 5.41) is 11.9. The second kappa shape index (κ2) is 4.05. The highest BCUT2D eigenvalue weighted by Crippen LogP contribution is 2.16. The molecule has 70 valence electrons. The average molecular weight is 179 g/mol. The van der Waals surface area contributed by atoms with Gasteiger partial charge in [-0.05, 0) is 24.6 Å². The Labute approximate surface area is 77.4 Å². The molecular weight excluding hydrogens is 166 g/mol. The van der Waals surface area contributed by atoms with Gasteiger partial charge in [0, 0.05) is 12.6 Å². The molecule has 1 atom stereocenters. The van der Waals surface area contributed by atoms with E-state index in [-0.39, 0.29) is 5.91 Å². The third-order valence-electron chi connectivity index (χ3n) is 1.69. The van der Waals surface area contributed by atoms with Gasteiger partial charge in [-0.1, -0.05) is 12.1 Å². The van der Waals surface area contributed by atoms with Gasteiger partial charge >= 0.3 is 0 Å². The molecule has 0 aliphatic heterocycles. The van der Waals surface area contributed by atoms with Gasteiger partial charge in [-0.25, -0.2) is 0 Å². The molecule has 1 aromatic rings. The number of anilines is 1. The topological polar surface area (TPSA) is 49.3 Å². The lowest BCUT2D eigenvalue weighted by atomic mass is 10.1. The Balaban J connectivity index is 2.85. The highest BCUT2D eigenvalue weighted by molar-refractivity contribution is 5.88. The normalized spacial score (nSPS) is 12.2. The lowest BCUT2D eigenvalue weighted by Gasteiger charge is -2.07. The van der Waals surface area contributed by atoms with Crippen LogP contribution in [0.4, 0.5) is 5.69 Å². The van der Waals surface area contributed by atoms with Crippen molar-refractivity contribution < 1.29 is 9.90 Å². The predicted molar refractivity (Wildman–Crippen MR) is 51.4 cm³/mol. The van der Waals surface area contributed by atoms with Gasteiger partial charge in [0.25, 0.3) is 0 Å². The number of carbonyl (C=O) groups is 1. The molecular formula is C10H13NO2. The molecule has 0 radical (unpaired) electrons. The first-order valence-electron chi connectivity index (χ1n) is 4.15. The van der Waals surface area contributed by atoms with Crippen molar-refractivity contribution in [3.8, 4) is 0 Å². The summed E-state index contributed by atoms with van der Waals surface area (Å²) in [4.78, 5) is 10.7. The summed E-state index contributed by atoms with van der Waals surface area (Å²) in [5.74, 6) is -0.109. The number of aliphatic hydroxyl groups is 1. The molecule has 0 fully saturated rings. The summed E-state index contributed by atoms with van der Waals surface area (Å²) < 4.78 is 0. The number of amides is 1. The van der Waals surface area contributed by atoms with Gasteiger partial charge in [-0.2, -0.15) is 0 Å². The van der Waals surface area contributed by atoms with Crippen molar-refractivity contribution in [3.63, 3.8) is 0 Å². The second-order valence-electron chi connectivity index (χ2n) is 2.98. The molecule has 1 rings (SSSR count). The molecule has 0 aliphatic rings. The predicted octanol–water partition coefficient (Wildman–Crippen LogP) is 1.70. The molecule has 3 heteroatoms. The molecule has 0 aromatic heterocycles. The molecule has 1 amide bonds. The highest BCUT2D eigenvalue weighted by atomic mass is 16.3. The molecule has 2 N–H and O–H groups in total. The average Bonchev–Trinajstić information content (AvgIpc) is 2.03. The Kier molecular flexibility index (Phi) is 3.03. The van der Waals surface area contributed by atoms with Gasteiger partial charge in [0.05, 0.1) is 6.10 Å². The molecule has 0 unspecified atom stereocenters. The number of nitrogens with one attached hydrogen (secondary N) is 1. The van der Waals surface area contributed by atoms with Gasteiger partial charge in [0.15, 0.2) is 0 Å². The van der Waals surface area contributed by atoms with Crippen LogP contribution in [0.25, 0.3) is 0 Å². The lowest BCUT2D eigenvalue weighted by molar-refractivity contribution is -0.114. The Hall–Kier alpha value is -1.35. The Morgan fingerprint density at radius 2 is 2.23 bits per heavy atom. The summed E-state index contributed by atoms with van der Waals surface area (Å²) in [5.41, 5.74) is 1.51. The number of rotatable bonds is 2. The number of hydrogen-bond acceptors (Lipinski definition) is 2. The number of benzene rings is 1. The zero-order valence-corrected chi connectivity index (χ0v) is 7.74. The highest BCUT2D eigenvalue weighted by Gasteiger charge is 2.01. The van der Waals surface area contributed by atoms with Crippen molar-refractivity contribution in [2.24, 2.45) is 0 Å². The van der Waals surface area contributed by atoms with Crippen molar-refractivity contribution in [1.29, 1.82) is 0 Å². The molecule has 0 bridgehead atoms. The minimum atomic E-state index is -0.506. The van der Waals surface area contributed by atoms with Crippen LogP contribution in [0.5, 0.6) is 0 Å².